The second kappa shape index (κ2) is 6.16. The minimum atomic E-state index is 0.205. The first-order valence-electron chi connectivity index (χ1n) is 6.63. The molecule has 0 bridgehead atoms. The summed E-state index contributed by atoms with van der Waals surface area (Å²) >= 11 is 11.6. The highest BCUT2D eigenvalue weighted by Gasteiger charge is 2.25. The van der Waals surface area contributed by atoms with Crippen LogP contribution in [0, 0.1) is 0 Å². The summed E-state index contributed by atoms with van der Waals surface area (Å²) in [4.78, 5) is 3.97. The third-order valence-corrected chi connectivity index (χ3v) is 5.80. The molecule has 1 aliphatic rings. The number of hydrogen-bond donors (Lipinski definition) is 1. The van der Waals surface area contributed by atoms with E-state index in [1.54, 1.807) is 0 Å². The number of nitrogens with zero attached hydrogens (tertiary/aromatic N) is 1. The fourth-order valence-electron chi connectivity index (χ4n) is 2.78. The van der Waals surface area contributed by atoms with E-state index in [-0.39, 0.29) is 6.04 Å². The van der Waals surface area contributed by atoms with Gasteiger partial charge >= 0.3 is 0 Å². The normalized spacial score (nSPS) is 16.9. The van der Waals surface area contributed by atoms with E-state index in [0.717, 1.165) is 29.0 Å². The van der Waals surface area contributed by atoms with Crippen molar-refractivity contribution in [2.75, 3.05) is 13.1 Å². The molecule has 0 saturated heterocycles. The van der Waals surface area contributed by atoms with E-state index in [1.165, 1.54) is 16.0 Å². The maximum Gasteiger partial charge on any atom is 0.0485 e. The van der Waals surface area contributed by atoms with Crippen molar-refractivity contribution in [2.45, 2.75) is 19.0 Å². The van der Waals surface area contributed by atoms with Crippen LogP contribution < -0.4 is 5.73 Å². The maximum atomic E-state index is 6.14. The second-order valence-electron chi connectivity index (χ2n) is 5.01. The molecule has 0 saturated carbocycles. The van der Waals surface area contributed by atoms with E-state index in [4.69, 9.17) is 17.3 Å². The maximum absolute atomic E-state index is 6.14. The predicted octanol–water partition coefficient (Wildman–Crippen LogP) is 4.22. The Labute approximate surface area is 136 Å². The van der Waals surface area contributed by atoms with Crippen molar-refractivity contribution in [1.82, 2.24) is 4.90 Å². The molecule has 0 fully saturated rings. The Morgan fingerprint density at radius 3 is 3.05 bits per heavy atom. The summed E-state index contributed by atoms with van der Waals surface area (Å²) < 4.78 is 1.08. The number of halogens is 2. The Morgan fingerprint density at radius 2 is 2.25 bits per heavy atom. The SMILES string of the molecule is NCC(c1cc(Cl)ccc1Br)N1CCc2sccc2C1. The molecule has 0 amide bonds. The summed E-state index contributed by atoms with van der Waals surface area (Å²) in [6.07, 6.45) is 1.11. The minimum absolute atomic E-state index is 0.205. The number of hydrogen-bond acceptors (Lipinski definition) is 3. The average Bonchev–Trinajstić information content (AvgIpc) is 2.91. The number of rotatable bonds is 3. The molecule has 1 atom stereocenters. The van der Waals surface area contributed by atoms with Crippen molar-refractivity contribution in [3.63, 3.8) is 0 Å². The lowest BCUT2D eigenvalue weighted by Crippen LogP contribution is -2.37. The molecular weight excluding hydrogens is 356 g/mol. The van der Waals surface area contributed by atoms with Crippen molar-refractivity contribution in [3.8, 4) is 0 Å². The summed E-state index contributed by atoms with van der Waals surface area (Å²) in [5.74, 6) is 0. The van der Waals surface area contributed by atoms with E-state index in [1.807, 2.05) is 29.5 Å². The molecule has 20 heavy (non-hydrogen) atoms. The Balaban J connectivity index is 1.89. The van der Waals surface area contributed by atoms with Crippen LogP contribution in [0.4, 0.5) is 0 Å². The molecular formula is C15H16BrClN2S. The predicted molar refractivity (Wildman–Crippen MR) is 89.4 cm³/mol. The third kappa shape index (κ3) is 2.81. The quantitative estimate of drug-likeness (QED) is 0.875. The van der Waals surface area contributed by atoms with Gasteiger partial charge in [0, 0.05) is 40.0 Å². The van der Waals surface area contributed by atoms with Crippen LogP contribution in [-0.4, -0.2) is 18.0 Å². The first-order valence-corrected chi connectivity index (χ1v) is 8.68. The molecule has 2 nitrogen and oxygen atoms in total. The van der Waals surface area contributed by atoms with E-state index in [9.17, 15) is 0 Å². The third-order valence-electron chi connectivity index (χ3n) is 3.82. The van der Waals surface area contributed by atoms with Gasteiger partial charge in [-0.1, -0.05) is 27.5 Å². The summed E-state index contributed by atoms with van der Waals surface area (Å²) in [5, 5.41) is 2.94. The molecule has 0 radical (unpaired) electrons. The van der Waals surface area contributed by atoms with Crippen molar-refractivity contribution < 1.29 is 0 Å². The number of thiophene rings is 1. The zero-order valence-electron chi connectivity index (χ0n) is 11.0. The topological polar surface area (TPSA) is 29.3 Å². The smallest absolute Gasteiger partial charge is 0.0485 e. The first-order chi connectivity index (χ1) is 9.69. The second-order valence-corrected chi connectivity index (χ2v) is 7.30. The highest BCUT2D eigenvalue weighted by Crippen LogP contribution is 2.34. The highest BCUT2D eigenvalue weighted by atomic mass is 79.9. The number of fused-ring (bicyclic) bond motifs is 1. The highest BCUT2D eigenvalue weighted by molar-refractivity contribution is 9.10. The monoisotopic (exact) mass is 370 g/mol. The van der Waals surface area contributed by atoms with Crippen molar-refractivity contribution in [2.24, 2.45) is 5.73 Å². The molecule has 1 aromatic carbocycles. The largest absolute Gasteiger partial charge is 0.329 e. The molecule has 106 valence electrons. The van der Waals surface area contributed by atoms with Crippen molar-refractivity contribution in [3.05, 3.63) is 55.1 Å². The standard InChI is InChI=1S/C15H16BrClN2S/c16-13-2-1-11(17)7-12(13)14(8-18)19-5-3-15-10(9-19)4-6-20-15/h1-2,4,6-7,14H,3,5,8-9,18H2. The van der Waals surface area contributed by atoms with Crippen LogP contribution in [0.2, 0.25) is 5.02 Å². The molecule has 0 aliphatic carbocycles. The van der Waals surface area contributed by atoms with Crippen LogP contribution in [0.3, 0.4) is 0 Å². The van der Waals surface area contributed by atoms with E-state index in [2.05, 4.69) is 32.3 Å². The Kier molecular flexibility index (Phi) is 4.48. The fraction of sp³-hybridized carbons (Fsp3) is 0.333. The van der Waals surface area contributed by atoms with Crippen molar-refractivity contribution in [1.29, 1.82) is 0 Å². The van der Waals surface area contributed by atoms with Crippen LogP contribution in [0.15, 0.2) is 34.1 Å². The lowest BCUT2D eigenvalue weighted by Gasteiger charge is -2.34. The molecule has 2 heterocycles. The summed E-state index contributed by atoms with van der Waals surface area (Å²) in [6, 6.07) is 8.35. The molecule has 1 aromatic heterocycles. The summed E-state index contributed by atoms with van der Waals surface area (Å²) in [7, 11) is 0. The van der Waals surface area contributed by atoms with Gasteiger partial charge in [0.05, 0.1) is 0 Å². The van der Waals surface area contributed by atoms with Gasteiger partial charge in [-0.25, -0.2) is 0 Å². The molecule has 0 spiro atoms. The number of benzene rings is 1. The van der Waals surface area contributed by atoms with Gasteiger partial charge in [-0.05, 0) is 47.2 Å². The van der Waals surface area contributed by atoms with Crippen LogP contribution in [0.5, 0.6) is 0 Å². The van der Waals surface area contributed by atoms with Gasteiger partial charge in [0.1, 0.15) is 0 Å². The number of nitrogens with two attached hydrogens (primary N) is 1. The lowest BCUT2D eigenvalue weighted by atomic mass is 10.0. The van der Waals surface area contributed by atoms with Crippen molar-refractivity contribution >= 4 is 38.9 Å². The fourth-order valence-corrected chi connectivity index (χ4v) is 4.36. The Bertz CT molecular complexity index is 614. The molecule has 2 N–H and O–H groups in total. The molecule has 1 unspecified atom stereocenters. The lowest BCUT2D eigenvalue weighted by molar-refractivity contribution is 0.184. The van der Waals surface area contributed by atoms with Gasteiger partial charge in [-0.2, -0.15) is 0 Å². The van der Waals surface area contributed by atoms with Crippen LogP contribution in [-0.2, 0) is 13.0 Å². The molecule has 5 heteroatoms. The minimum Gasteiger partial charge on any atom is -0.329 e. The summed E-state index contributed by atoms with van der Waals surface area (Å²) in [6.45, 7) is 2.62. The Hall–Kier alpha value is -0.390. The van der Waals surface area contributed by atoms with E-state index in [0.29, 0.717) is 6.54 Å². The van der Waals surface area contributed by atoms with E-state index >= 15 is 0 Å². The summed E-state index contributed by atoms with van der Waals surface area (Å²) in [5.41, 5.74) is 8.67. The molecule has 1 aliphatic heterocycles. The van der Waals surface area contributed by atoms with Gasteiger partial charge in [-0.3, -0.25) is 4.90 Å². The zero-order chi connectivity index (χ0) is 14.1. The van der Waals surface area contributed by atoms with Gasteiger partial charge in [0.2, 0.25) is 0 Å². The van der Waals surface area contributed by atoms with E-state index < -0.39 is 0 Å². The van der Waals surface area contributed by atoms with Gasteiger partial charge < -0.3 is 5.73 Å². The molecule has 2 aromatic rings. The Morgan fingerprint density at radius 1 is 1.40 bits per heavy atom. The first kappa shape index (κ1) is 14.5. The van der Waals surface area contributed by atoms with Crippen LogP contribution in [0.1, 0.15) is 22.0 Å². The van der Waals surface area contributed by atoms with Crippen LogP contribution in [0.25, 0.3) is 0 Å². The van der Waals surface area contributed by atoms with Gasteiger partial charge in [-0.15, -0.1) is 11.3 Å². The average molecular weight is 372 g/mol. The molecule has 3 rings (SSSR count). The van der Waals surface area contributed by atoms with Gasteiger partial charge in [0.25, 0.3) is 0 Å². The van der Waals surface area contributed by atoms with Crippen LogP contribution >= 0.6 is 38.9 Å². The van der Waals surface area contributed by atoms with Gasteiger partial charge in [0.15, 0.2) is 0 Å². The zero-order valence-corrected chi connectivity index (χ0v) is 14.1.